The zero-order valence-electron chi connectivity index (χ0n) is 9.24. The maximum atomic E-state index is 4.15. The first-order valence-corrected chi connectivity index (χ1v) is 5.62. The first-order valence-electron chi connectivity index (χ1n) is 5.62. The number of nitrogens with one attached hydrogen (secondary N) is 2. The molecule has 0 bridgehead atoms. The average molecular weight is 209 g/mol. The monoisotopic (exact) mass is 209 g/mol. The molecule has 5 nitrogen and oxygen atoms in total. The van der Waals surface area contributed by atoms with Gasteiger partial charge in [0.2, 0.25) is 0 Å². The second-order valence-electron chi connectivity index (χ2n) is 4.29. The zero-order valence-corrected chi connectivity index (χ0v) is 9.24. The fourth-order valence-corrected chi connectivity index (χ4v) is 2.06. The van der Waals surface area contributed by atoms with Crippen LogP contribution >= 0.6 is 0 Å². The molecule has 0 radical (unpaired) electrons. The van der Waals surface area contributed by atoms with Crippen LogP contribution in [0, 0.1) is 5.92 Å². The first-order chi connectivity index (χ1) is 7.34. The van der Waals surface area contributed by atoms with Gasteiger partial charge in [0.05, 0.1) is 0 Å². The molecule has 1 aliphatic heterocycles. The summed E-state index contributed by atoms with van der Waals surface area (Å²) in [5.74, 6) is 1.63. The van der Waals surface area contributed by atoms with E-state index >= 15 is 0 Å². The van der Waals surface area contributed by atoms with Crippen molar-refractivity contribution in [3.8, 4) is 0 Å². The highest BCUT2D eigenvalue weighted by Crippen LogP contribution is 2.06. The van der Waals surface area contributed by atoms with Gasteiger partial charge in [-0.05, 0) is 5.92 Å². The molecule has 0 saturated carbocycles. The van der Waals surface area contributed by atoms with E-state index in [-0.39, 0.29) is 0 Å². The molecule has 1 unspecified atom stereocenters. The predicted octanol–water partition coefficient (Wildman–Crippen LogP) is -0.111. The van der Waals surface area contributed by atoms with Gasteiger partial charge in [0.1, 0.15) is 12.2 Å². The number of piperazine rings is 1. The largest absolute Gasteiger partial charge is 0.314 e. The molecule has 0 aromatic carbocycles. The summed E-state index contributed by atoms with van der Waals surface area (Å²) in [5.41, 5.74) is 0. The van der Waals surface area contributed by atoms with E-state index in [2.05, 4.69) is 32.3 Å². The summed E-state index contributed by atoms with van der Waals surface area (Å²) in [6, 6.07) is 0. The SMILES string of the molecule is CC(Cc1ncn[nH]1)CN1CCNCC1. The Kier molecular flexibility index (Phi) is 3.69. The number of aromatic nitrogens is 3. The Labute approximate surface area is 90.3 Å². The summed E-state index contributed by atoms with van der Waals surface area (Å²) in [4.78, 5) is 6.66. The number of aromatic amines is 1. The average Bonchev–Trinajstić information content (AvgIpc) is 2.71. The summed E-state index contributed by atoms with van der Waals surface area (Å²) < 4.78 is 0. The molecule has 1 aliphatic rings. The van der Waals surface area contributed by atoms with Crippen LogP contribution in [0.3, 0.4) is 0 Å². The van der Waals surface area contributed by atoms with E-state index < -0.39 is 0 Å². The van der Waals surface area contributed by atoms with Gasteiger partial charge in [0.25, 0.3) is 0 Å². The van der Waals surface area contributed by atoms with Crippen molar-refractivity contribution in [2.45, 2.75) is 13.3 Å². The second-order valence-corrected chi connectivity index (χ2v) is 4.29. The highest BCUT2D eigenvalue weighted by atomic mass is 15.2. The number of H-pyrrole nitrogens is 1. The number of nitrogens with zero attached hydrogens (tertiary/aromatic N) is 3. The van der Waals surface area contributed by atoms with Crippen LogP contribution in [0.2, 0.25) is 0 Å². The van der Waals surface area contributed by atoms with Crippen molar-refractivity contribution >= 4 is 0 Å². The number of hydrogen-bond donors (Lipinski definition) is 2. The van der Waals surface area contributed by atoms with Crippen molar-refractivity contribution in [1.82, 2.24) is 25.4 Å². The van der Waals surface area contributed by atoms with E-state index in [1.54, 1.807) is 6.33 Å². The van der Waals surface area contributed by atoms with Crippen molar-refractivity contribution in [1.29, 1.82) is 0 Å². The van der Waals surface area contributed by atoms with Gasteiger partial charge in [-0.1, -0.05) is 6.92 Å². The molecule has 0 amide bonds. The van der Waals surface area contributed by atoms with E-state index in [1.807, 2.05) is 0 Å². The van der Waals surface area contributed by atoms with Gasteiger partial charge in [0, 0.05) is 39.1 Å². The van der Waals surface area contributed by atoms with E-state index in [4.69, 9.17) is 0 Å². The summed E-state index contributed by atoms with van der Waals surface area (Å²) in [7, 11) is 0. The third-order valence-electron chi connectivity index (χ3n) is 2.79. The summed E-state index contributed by atoms with van der Waals surface area (Å²) >= 11 is 0. The lowest BCUT2D eigenvalue weighted by Crippen LogP contribution is -2.45. The minimum atomic E-state index is 0.635. The fourth-order valence-electron chi connectivity index (χ4n) is 2.06. The maximum Gasteiger partial charge on any atom is 0.137 e. The van der Waals surface area contributed by atoms with Crippen LogP contribution < -0.4 is 5.32 Å². The van der Waals surface area contributed by atoms with Gasteiger partial charge in [-0.25, -0.2) is 4.98 Å². The van der Waals surface area contributed by atoms with E-state index in [0.717, 1.165) is 31.9 Å². The standard InChI is InChI=1S/C10H19N5/c1-9(6-10-12-8-13-14-10)7-15-4-2-11-3-5-15/h8-9,11H,2-7H2,1H3,(H,12,13,14). The molecule has 5 heteroatoms. The molecule has 1 saturated heterocycles. The van der Waals surface area contributed by atoms with Crippen molar-refractivity contribution in [2.24, 2.45) is 5.92 Å². The third-order valence-corrected chi connectivity index (χ3v) is 2.79. The van der Waals surface area contributed by atoms with Crippen LogP contribution in [0.4, 0.5) is 0 Å². The zero-order chi connectivity index (χ0) is 10.5. The van der Waals surface area contributed by atoms with Crippen LogP contribution in [0.15, 0.2) is 6.33 Å². The fraction of sp³-hybridized carbons (Fsp3) is 0.800. The molecule has 2 heterocycles. The molecule has 2 N–H and O–H groups in total. The molecule has 1 aromatic heterocycles. The number of rotatable bonds is 4. The quantitative estimate of drug-likeness (QED) is 0.726. The lowest BCUT2D eigenvalue weighted by molar-refractivity contribution is 0.210. The Hall–Kier alpha value is -0.940. The van der Waals surface area contributed by atoms with Crippen molar-refractivity contribution in [3.05, 3.63) is 12.2 Å². The van der Waals surface area contributed by atoms with Gasteiger partial charge in [-0.3, -0.25) is 5.10 Å². The first kappa shape index (κ1) is 10.6. The molecule has 1 fully saturated rings. The molecular weight excluding hydrogens is 190 g/mol. The van der Waals surface area contributed by atoms with Crippen LogP contribution in [0.5, 0.6) is 0 Å². The minimum Gasteiger partial charge on any atom is -0.314 e. The molecular formula is C10H19N5. The Morgan fingerprint density at radius 2 is 2.27 bits per heavy atom. The Bertz CT molecular complexity index is 265. The number of hydrogen-bond acceptors (Lipinski definition) is 4. The Balaban J connectivity index is 1.74. The van der Waals surface area contributed by atoms with Crippen LogP contribution in [0.25, 0.3) is 0 Å². The summed E-state index contributed by atoms with van der Waals surface area (Å²) in [6.07, 6.45) is 2.57. The summed E-state index contributed by atoms with van der Waals surface area (Å²) in [5, 5.41) is 10.1. The smallest absolute Gasteiger partial charge is 0.137 e. The molecule has 84 valence electrons. The van der Waals surface area contributed by atoms with E-state index in [0.29, 0.717) is 5.92 Å². The predicted molar refractivity (Wildman–Crippen MR) is 58.6 cm³/mol. The van der Waals surface area contributed by atoms with Crippen molar-refractivity contribution < 1.29 is 0 Å². The van der Waals surface area contributed by atoms with Gasteiger partial charge < -0.3 is 10.2 Å². The topological polar surface area (TPSA) is 56.8 Å². The molecule has 1 aromatic rings. The van der Waals surface area contributed by atoms with Gasteiger partial charge in [-0.15, -0.1) is 0 Å². The maximum absolute atomic E-state index is 4.15. The van der Waals surface area contributed by atoms with Gasteiger partial charge >= 0.3 is 0 Å². The summed E-state index contributed by atoms with van der Waals surface area (Å²) in [6.45, 7) is 8.00. The third kappa shape index (κ3) is 3.28. The minimum absolute atomic E-state index is 0.635. The second kappa shape index (κ2) is 5.23. The lowest BCUT2D eigenvalue weighted by Gasteiger charge is -2.29. The Morgan fingerprint density at radius 3 is 2.93 bits per heavy atom. The normalized spacial score (nSPS) is 20.3. The lowest BCUT2D eigenvalue weighted by atomic mass is 10.1. The van der Waals surface area contributed by atoms with Crippen LogP contribution in [-0.4, -0.2) is 52.8 Å². The molecule has 15 heavy (non-hydrogen) atoms. The molecule has 1 atom stereocenters. The van der Waals surface area contributed by atoms with E-state index in [1.165, 1.54) is 13.1 Å². The molecule has 0 spiro atoms. The Morgan fingerprint density at radius 1 is 1.47 bits per heavy atom. The van der Waals surface area contributed by atoms with Crippen LogP contribution in [0.1, 0.15) is 12.7 Å². The molecule has 0 aliphatic carbocycles. The van der Waals surface area contributed by atoms with Gasteiger partial charge in [-0.2, -0.15) is 5.10 Å². The van der Waals surface area contributed by atoms with Gasteiger partial charge in [0.15, 0.2) is 0 Å². The van der Waals surface area contributed by atoms with Crippen molar-refractivity contribution in [3.63, 3.8) is 0 Å². The highest BCUT2D eigenvalue weighted by Gasteiger charge is 2.13. The van der Waals surface area contributed by atoms with E-state index in [9.17, 15) is 0 Å². The highest BCUT2D eigenvalue weighted by molar-refractivity contribution is 4.83. The van der Waals surface area contributed by atoms with Crippen molar-refractivity contribution in [2.75, 3.05) is 32.7 Å². The molecule has 2 rings (SSSR count). The van der Waals surface area contributed by atoms with Crippen LogP contribution in [-0.2, 0) is 6.42 Å².